The molecule has 0 aliphatic heterocycles. The molecule has 18 nitrogen and oxygen atoms in total. The van der Waals surface area contributed by atoms with Gasteiger partial charge in [-0.15, -0.1) is 0 Å². The van der Waals surface area contributed by atoms with Crippen molar-refractivity contribution in [2.24, 2.45) is 17.2 Å². The molecule has 0 spiro atoms. The van der Waals surface area contributed by atoms with Crippen LogP contribution in [0.5, 0.6) is 0 Å². The van der Waals surface area contributed by atoms with Crippen molar-refractivity contribution in [2.45, 2.75) is 31.7 Å². The number of unbranched alkanes of at least 4 members (excludes halogenated alkanes) is 1. The summed E-state index contributed by atoms with van der Waals surface area (Å²) in [6.07, 6.45) is 0.884. The van der Waals surface area contributed by atoms with E-state index in [-0.39, 0.29) is 58.7 Å². The maximum atomic E-state index is 12.5. The maximum Gasteiger partial charge on any atom is 0.242 e. The van der Waals surface area contributed by atoms with Gasteiger partial charge < -0.3 is 54.4 Å². The van der Waals surface area contributed by atoms with E-state index < -0.39 is 59.8 Å². The monoisotopic (exact) mass is 558 g/mol. The molecule has 13 N–H and O–H groups in total. The van der Waals surface area contributed by atoms with Crippen LogP contribution in [0, 0.1) is 0 Å². The van der Waals surface area contributed by atoms with Crippen LogP contribution in [0.3, 0.4) is 0 Å². The third-order valence-corrected chi connectivity index (χ3v) is 4.72. The van der Waals surface area contributed by atoms with Crippen LogP contribution >= 0.6 is 0 Å². The second-order valence-corrected chi connectivity index (χ2v) is 7.99. The Morgan fingerprint density at radius 2 is 1.00 bits per heavy atom. The van der Waals surface area contributed by atoms with Gasteiger partial charge >= 0.3 is 0 Å². The molecule has 220 valence electrons. The van der Waals surface area contributed by atoms with Crippen LogP contribution in [-0.2, 0) is 38.4 Å². The van der Waals surface area contributed by atoms with Gasteiger partial charge in [-0.1, -0.05) is 0 Å². The van der Waals surface area contributed by atoms with Crippen LogP contribution in [-0.4, -0.2) is 106 Å². The number of nitrogens with one attached hydrogen (secondary N) is 7. The molecule has 39 heavy (non-hydrogen) atoms. The molecule has 1 unspecified atom stereocenters. The van der Waals surface area contributed by atoms with Gasteiger partial charge in [0, 0.05) is 19.5 Å². The number of carbonyl (C=O) groups is 8. The average Bonchev–Trinajstić information content (AvgIpc) is 2.90. The summed E-state index contributed by atoms with van der Waals surface area (Å²) in [4.78, 5) is 92.8. The zero-order valence-electron chi connectivity index (χ0n) is 21.6. The van der Waals surface area contributed by atoms with Crippen molar-refractivity contribution in [2.75, 3.05) is 52.4 Å². The van der Waals surface area contributed by atoms with E-state index in [0.717, 1.165) is 0 Å². The lowest BCUT2D eigenvalue weighted by Gasteiger charge is -2.19. The molecule has 0 aromatic rings. The van der Waals surface area contributed by atoms with E-state index in [9.17, 15) is 38.4 Å². The highest BCUT2D eigenvalue weighted by atomic mass is 16.2. The Morgan fingerprint density at radius 3 is 1.49 bits per heavy atom. The van der Waals surface area contributed by atoms with E-state index >= 15 is 0 Å². The zero-order valence-corrected chi connectivity index (χ0v) is 21.6. The lowest BCUT2D eigenvalue weighted by Crippen LogP contribution is -2.50. The van der Waals surface area contributed by atoms with Crippen molar-refractivity contribution in [1.29, 1.82) is 0 Å². The second-order valence-electron chi connectivity index (χ2n) is 7.99. The minimum atomic E-state index is -1.00. The van der Waals surface area contributed by atoms with Gasteiger partial charge in [-0.2, -0.15) is 0 Å². The molecular weight excluding hydrogens is 520 g/mol. The minimum Gasteiger partial charge on any atom is -0.370 e. The van der Waals surface area contributed by atoms with Crippen molar-refractivity contribution >= 4 is 47.3 Å². The van der Waals surface area contributed by atoms with E-state index in [1.165, 1.54) is 0 Å². The molecule has 0 bridgehead atoms. The number of amides is 8. The topological polar surface area (TPSA) is 299 Å². The van der Waals surface area contributed by atoms with Crippen molar-refractivity contribution in [3.8, 4) is 0 Å². The fourth-order valence-corrected chi connectivity index (χ4v) is 2.69. The normalized spacial score (nSPS) is 10.8. The highest BCUT2D eigenvalue weighted by Gasteiger charge is 2.20. The van der Waals surface area contributed by atoms with Crippen molar-refractivity contribution < 1.29 is 38.4 Å². The fourth-order valence-electron chi connectivity index (χ4n) is 2.69. The van der Waals surface area contributed by atoms with Crippen LogP contribution in [0.15, 0.2) is 0 Å². The maximum absolute atomic E-state index is 12.5. The summed E-state index contributed by atoms with van der Waals surface area (Å²) >= 11 is 0. The van der Waals surface area contributed by atoms with Crippen LogP contribution in [0.25, 0.3) is 0 Å². The molecule has 0 heterocycles. The summed E-state index contributed by atoms with van der Waals surface area (Å²) in [5.41, 5.74) is 15.3. The fraction of sp³-hybridized carbons (Fsp3) is 0.619. The van der Waals surface area contributed by atoms with Gasteiger partial charge in [0.2, 0.25) is 47.3 Å². The van der Waals surface area contributed by atoms with E-state index in [1.807, 2.05) is 0 Å². The van der Waals surface area contributed by atoms with Gasteiger partial charge in [-0.05, 0) is 19.3 Å². The SMILES string of the molecule is NCC(=O)NCC(=O)NCC(=O)NCCCCC(NC(=O)CNC(=O)CNC(=O)CN)C(=O)NCCC(N)=O. The lowest BCUT2D eigenvalue weighted by atomic mass is 10.1. The van der Waals surface area contributed by atoms with Gasteiger partial charge in [0.25, 0.3) is 0 Å². The summed E-state index contributed by atoms with van der Waals surface area (Å²) in [7, 11) is 0. The zero-order chi connectivity index (χ0) is 29.6. The molecule has 8 amide bonds. The first kappa shape index (κ1) is 34.7. The van der Waals surface area contributed by atoms with Gasteiger partial charge in [-0.25, -0.2) is 0 Å². The van der Waals surface area contributed by atoms with Crippen molar-refractivity contribution in [3.63, 3.8) is 0 Å². The van der Waals surface area contributed by atoms with Crippen LogP contribution < -0.4 is 54.4 Å². The molecule has 0 aliphatic rings. The number of carbonyl (C=O) groups excluding carboxylic acids is 8. The van der Waals surface area contributed by atoms with Crippen LogP contribution in [0.1, 0.15) is 25.7 Å². The minimum absolute atomic E-state index is 0.0320. The van der Waals surface area contributed by atoms with Gasteiger partial charge in [-0.3, -0.25) is 38.4 Å². The summed E-state index contributed by atoms with van der Waals surface area (Å²) in [5.74, 6) is -4.59. The summed E-state index contributed by atoms with van der Waals surface area (Å²) in [6.45, 7) is -1.83. The molecule has 18 heteroatoms. The van der Waals surface area contributed by atoms with Crippen molar-refractivity contribution in [1.82, 2.24) is 37.2 Å². The Kier molecular flexibility index (Phi) is 18.4. The van der Waals surface area contributed by atoms with E-state index in [2.05, 4.69) is 37.2 Å². The quantitative estimate of drug-likeness (QED) is 0.0629. The Bertz CT molecular complexity index is 883. The third kappa shape index (κ3) is 19.5. The summed E-state index contributed by atoms with van der Waals surface area (Å²) < 4.78 is 0. The largest absolute Gasteiger partial charge is 0.370 e. The number of hydrogen-bond donors (Lipinski definition) is 10. The molecule has 0 aliphatic carbocycles. The Morgan fingerprint density at radius 1 is 0.538 bits per heavy atom. The first-order valence-corrected chi connectivity index (χ1v) is 12.1. The van der Waals surface area contributed by atoms with Gasteiger partial charge in [0.05, 0.1) is 39.3 Å². The molecule has 0 saturated carbocycles. The first-order chi connectivity index (χ1) is 18.5. The molecule has 0 aromatic carbocycles. The standard InChI is InChI=1S/C21H38N10O8/c22-7-15(33)27-10-18(36)29-9-17(35)25-5-2-1-3-13(21(39)26-6-4-14(24)32)31-20(38)12-30-19(37)11-28-16(34)8-23/h13H,1-12,22-23H2,(H2,24,32)(H,25,35)(H,26,39)(H,27,33)(H,28,34)(H,29,36)(H,30,37)(H,31,38). The Balaban J connectivity index is 4.52. The molecular formula is C21H38N10O8. The Hall–Kier alpha value is -4.32. The van der Waals surface area contributed by atoms with Gasteiger partial charge in [0.15, 0.2) is 0 Å². The van der Waals surface area contributed by atoms with E-state index in [0.29, 0.717) is 12.8 Å². The highest BCUT2D eigenvalue weighted by molar-refractivity contribution is 5.91. The van der Waals surface area contributed by atoms with Crippen LogP contribution in [0.4, 0.5) is 0 Å². The van der Waals surface area contributed by atoms with Crippen molar-refractivity contribution in [3.05, 3.63) is 0 Å². The molecule has 0 saturated heterocycles. The Labute approximate surface area is 224 Å². The molecule has 0 fully saturated rings. The number of hydrogen-bond acceptors (Lipinski definition) is 10. The lowest BCUT2D eigenvalue weighted by molar-refractivity contribution is -0.130. The van der Waals surface area contributed by atoms with Crippen LogP contribution in [0.2, 0.25) is 0 Å². The summed E-state index contributed by atoms with van der Waals surface area (Å²) in [6, 6.07) is -1.00. The number of primary amides is 1. The summed E-state index contributed by atoms with van der Waals surface area (Å²) in [5, 5.41) is 16.7. The number of nitrogens with two attached hydrogens (primary N) is 3. The number of rotatable bonds is 20. The van der Waals surface area contributed by atoms with E-state index in [1.54, 1.807) is 0 Å². The third-order valence-electron chi connectivity index (χ3n) is 4.72. The van der Waals surface area contributed by atoms with Gasteiger partial charge in [0.1, 0.15) is 6.04 Å². The highest BCUT2D eigenvalue weighted by Crippen LogP contribution is 2.01. The molecule has 0 aromatic heterocycles. The predicted octanol–water partition coefficient (Wildman–Crippen LogP) is -6.87. The van der Waals surface area contributed by atoms with E-state index in [4.69, 9.17) is 17.2 Å². The smallest absolute Gasteiger partial charge is 0.242 e. The molecule has 0 radical (unpaired) electrons. The second kappa shape index (κ2) is 20.7. The molecule has 0 rings (SSSR count). The average molecular weight is 559 g/mol. The molecule has 1 atom stereocenters. The predicted molar refractivity (Wildman–Crippen MR) is 136 cm³/mol. The first-order valence-electron chi connectivity index (χ1n) is 12.1.